The maximum absolute atomic E-state index is 11.1. The summed E-state index contributed by atoms with van der Waals surface area (Å²) in [4.78, 5) is 11.1. The molecule has 0 aliphatic heterocycles. The predicted molar refractivity (Wildman–Crippen MR) is 76.3 cm³/mol. The summed E-state index contributed by atoms with van der Waals surface area (Å²) >= 11 is 0. The number of carboxylic acid groups (broad SMARTS) is 1. The van der Waals surface area contributed by atoms with Crippen LogP contribution in [0.3, 0.4) is 0 Å². The van der Waals surface area contributed by atoms with Crippen LogP contribution in [0.4, 0.5) is 0 Å². The van der Waals surface area contributed by atoms with Gasteiger partial charge in [0, 0.05) is 12.1 Å². The SMILES string of the molecule is CCn1nc(C(=O)O)cc1-c1cc(C)c(OC)cc1C. The number of hydrogen-bond acceptors (Lipinski definition) is 3. The molecule has 0 aliphatic carbocycles. The largest absolute Gasteiger partial charge is 0.496 e. The summed E-state index contributed by atoms with van der Waals surface area (Å²) in [6.45, 7) is 6.50. The van der Waals surface area contributed by atoms with Crippen LogP contribution in [-0.4, -0.2) is 28.0 Å². The second-order valence-corrected chi connectivity index (χ2v) is 4.67. The number of aryl methyl sites for hydroxylation is 3. The Kier molecular flexibility index (Phi) is 3.79. The molecule has 0 bridgehead atoms. The van der Waals surface area contributed by atoms with E-state index >= 15 is 0 Å². The minimum atomic E-state index is -1.01. The summed E-state index contributed by atoms with van der Waals surface area (Å²) in [7, 11) is 1.64. The van der Waals surface area contributed by atoms with Crippen molar-refractivity contribution in [1.82, 2.24) is 9.78 Å². The molecule has 0 amide bonds. The molecule has 0 fully saturated rings. The van der Waals surface area contributed by atoms with Crippen molar-refractivity contribution in [1.29, 1.82) is 0 Å². The third-order valence-corrected chi connectivity index (χ3v) is 3.32. The van der Waals surface area contributed by atoms with Gasteiger partial charge in [-0.3, -0.25) is 4.68 Å². The number of nitrogens with zero attached hydrogens (tertiary/aromatic N) is 2. The van der Waals surface area contributed by atoms with Crippen LogP contribution in [0.1, 0.15) is 28.5 Å². The first-order chi connectivity index (χ1) is 9.47. The Balaban J connectivity index is 2.61. The topological polar surface area (TPSA) is 64.4 Å². The Morgan fingerprint density at radius 2 is 2.00 bits per heavy atom. The van der Waals surface area contributed by atoms with E-state index in [1.54, 1.807) is 17.9 Å². The van der Waals surface area contributed by atoms with E-state index in [9.17, 15) is 4.79 Å². The molecule has 0 unspecified atom stereocenters. The number of ether oxygens (including phenoxy) is 1. The molecule has 1 heterocycles. The van der Waals surface area contributed by atoms with Crippen molar-refractivity contribution in [2.24, 2.45) is 0 Å². The molecule has 0 atom stereocenters. The first kappa shape index (κ1) is 14.1. The predicted octanol–water partition coefficient (Wildman–Crippen LogP) is 2.89. The van der Waals surface area contributed by atoms with Crippen molar-refractivity contribution < 1.29 is 14.6 Å². The molecule has 5 heteroatoms. The van der Waals surface area contributed by atoms with Gasteiger partial charge in [0.1, 0.15) is 5.75 Å². The third kappa shape index (κ3) is 2.39. The minimum absolute atomic E-state index is 0.0646. The molecule has 0 aliphatic rings. The number of aromatic nitrogens is 2. The molecule has 0 spiro atoms. The summed E-state index contributed by atoms with van der Waals surface area (Å²) in [6.07, 6.45) is 0. The fourth-order valence-electron chi connectivity index (χ4n) is 2.26. The van der Waals surface area contributed by atoms with E-state index in [4.69, 9.17) is 9.84 Å². The van der Waals surface area contributed by atoms with Crippen molar-refractivity contribution in [2.75, 3.05) is 7.11 Å². The normalized spacial score (nSPS) is 10.6. The first-order valence-electron chi connectivity index (χ1n) is 6.44. The standard InChI is InChI=1S/C15H18N2O3/c1-5-17-13(8-12(16-17)15(18)19)11-6-10(3)14(20-4)7-9(11)2/h6-8H,5H2,1-4H3,(H,18,19). The molecule has 2 aromatic rings. The molecule has 1 aromatic heterocycles. The minimum Gasteiger partial charge on any atom is -0.496 e. The van der Waals surface area contributed by atoms with Crippen LogP contribution in [-0.2, 0) is 6.54 Å². The number of hydrogen-bond donors (Lipinski definition) is 1. The maximum Gasteiger partial charge on any atom is 0.356 e. The zero-order valence-electron chi connectivity index (χ0n) is 12.1. The lowest BCUT2D eigenvalue weighted by Gasteiger charge is -2.12. The number of carboxylic acids is 1. The van der Waals surface area contributed by atoms with Crippen molar-refractivity contribution in [2.45, 2.75) is 27.3 Å². The fourth-order valence-corrected chi connectivity index (χ4v) is 2.26. The molecule has 1 N–H and O–H groups in total. The molecule has 20 heavy (non-hydrogen) atoms. The number of benzene rings is 1. The van der Waals surface area contributed by atoms with Gasteiger partial charge in [0.25, 0.3) is 0 Å². The van der Waals surface area contributed by atoms with Crippen LogP contribution < -0.4 is 4.74 Å². The van der Waals surface area contributed by atoms with E-state index in [-0.39, 0.29) is 5.69 Å². The summed E-state index contributed by atoms with van der Waals surface area (Å²) in [6, 6.07) is 5.57. The van der Waals surface area contributed by atoms with Crippen LogP contribution >= 0.6 is 0 Å². The zero-order chi connectivity index (χ0) is 14.9. The van der Waals surface area contributed by atoms with Gasteiger partial charge in [-0.15, -0.1) is 0 Å². The van der Waals surface area contributed by atoms with E-state index in [1.165, 1.54) is 0 Å². The molecular formula is C15H18N2O3. The lowest BCUT2D eigenvalue weighted by atomic mass is 10.0. The monoisotopic (exact) mass is 274 g/mol. The Morgan fingerprint density at radius 3 is 2.55 bits per heavy atom. The van der Waals surface area contributed by atoms with Gasteiger partial charge in [-0.05, 0) is 50.1 Å². The summed E-state index contributed by atoms with van der Waals surface area (Å²) in [5.74, 6) is -0.186. The average molecular weight is 274 g/mol. The highest BCUT2D eigenvalue weighted by Crippen LogP contribution is 2.30. The van der Waals surface area contributed by atoms with Gasteiger partial charge in [-0.2, -0.15) is 5.10 Å². The second kappa shape index (κ2) is 5.36. The lowest BCUT2D eigenvalue weighted by molar-refractivity contribution is 0.0689. The Morgan fingerprint density at radius 1 is 1.30 bits per heavy atom. The number of carbonyl (C=O) groups is 1. The summed E-state index contributed by atoms with van der Waals surface area (Å²) in [5.41, 5.74) is 3.89. The zero-order valence-corrected chi connectivity index (χ0v) is 12.1. The van der Waals surface area contributed by atoms with Crippen LogP contribution in [0.5, 0.6) is 5.75 Å². The Labute approximate surface area is 117 Å². The van der Waals surface area contributed by atoms with E-state index in [1.807, 2.05) is 32.9 Å². The average Bonchev–Trinajstić information content (AvgIpc) is 2.85. The highest BCUT2D eigenvalue weighted by molar-refractivity contribution is 5.87. The number of rotatable bonds is 4. The molecule has 5 nitrogen and oxygen atoms in total. The van der Waals surface area contributed by atoms with Gasteiger partial charge in [0.15, 0.2) is 5.69 Å². The van der Waals surface area contributed by atoms with E-state index < -0.39 is 5.97 Å². The van der Waals surface area contributed by atoms with Gasteiger partial charge < -0.3 is 9.84 Å². The Bertz CT molecular complexity index is 659. The van der Waals surface area contributed by atoms with Crippen LogP contribution in [0.15, 0.2) is 18.2 Å². The van der Waals surface area contributed by atoms with Gasteiger partial charge in [0.2, 0.25) is 0 Å². The molecule has 0 saturated heterocycles. The number of methoxy groups -OCH3 is 1. The first-order valence-corrected chi connectivity index (χ1v) is 6.44. The van der Waals surface area contributed by atoms with Gasteiger partial charge >= 0.3 is 5.97 Å². The molecule has 0 radical (unpaired) electrons. The highest BCUT2D eigenvalue weighted by Gasteiger charge is 2.16. The van der Waals surface area contributed by atoms with Crippen molar-refractivity contribution in [3.63, 3.8) is 0 Å². The van der Waals surface area contributed by atoms with Gasteiger partial charge in [-0.1, -0.05) is 0 Å². The quantitative estimate of drug-likeness (QED) is 0.931. The van der Waals surface area contributed by atoms with Gasteiger partial charge in [-0.25, -0.2) is 4.79 Å². The molecule has 1 aromatic carbocycles. The fraction of sp³-hybridized carbons (Fsp3) is 0.333. The number of aromatic carboxylic acids is 1. The highest BCUT2D eigenvalue weighted by atomic mass is 16.5. The van der Waals surface area contributed by atoms with E-state index in [2.05, 4.69) is 5.10 Å². The Hall–Kier alpha value is -2.30. The van der Waals surface area contributed by atoms with Crippen LogP contribution in [0, 0.1) is 13.8 Å². The molecule has 0 saturated carbocycles. The third-order valence-electron chi connectivity index (χ3n) is 3.32. The van der Waals surface area contributed by atoms with E-state index in [0.717, 1.165) is 28.1 Å². The smallest absolute Gasteiger partial charge is 0.356 e. The van der Waals surface area contributed by atoms with Crippen molar-refractivity contribution >= 4 is 5.97 Å². The molecule has 106 valence electrons. The van der Waals surface area contributed by atoms with Crippen LogP contribution in [0.2, 0.25) is 0 Å². The van der Waals surface area contributed by atoms with Crippen molar-refractivity contribution in [3.05, 3.63) is 35.0 Å². The molecule has 2 rings (SSSR count). The summed E-state index contributed by atoms with van der Waals surface area (Å²) < 4.78 is 7.01. The van der Waals surface area contributed by atoms with Gasteiger partial charge in [0.05, 0.1) is 12.8 Å². The van der Waals surface area contributed by atoms with Crippen molar-refractivity contribution in [3.8, 4) is 17.0 Å². The molecular weight excluding hydrogens is 256 g/mol. The lowest BCUT2D eigenvalue weighted by Crippen LogP contribution is -2.03. The second-order valence-electron chi connectivity index (χ2n) is 4.67. The van der Waals surface area contributed by atoms with E-state index in [0.29, 0.717) is 6.54 Å². The van der Waals surface area contributed by atoms with Crippen LogP contribution in [0.25, 0.3) is 11.3 Å². The maximum atomic E-state index is 11.1. The summed E-state index contributed by atoms with van der Waals surface area (Å²) in [5, 5.41) is 13.2.